The number of carbonyl (C=O) groups is 2. The molecule has 2 aromatic carbocycles. The van der Waals surface area contributed by atoms with Crippen LogP contribution >= 0.6 is 0 Å². The quantitative estimate of drug-likeness (QED) is 0.684. The number of hydrogen-bond donors (Lipinski definition) is 1. The Bertz CT molecular complexity index is 1110. The number of benzene rings is 2. The summed E-state index contributed by atoms with van der Waals surface area (Å²) < 4.78 is 1.15. The fourth-order valence-electron chi connectivity index (χ4n) is 3.19. The summed E-state index contributed by atoms with van der Waals surface area (Å²) >= 11 is 0. The van der Waals surface area contributed by atoms with Gasteiger partial charge in [0.05, 0.1) is 6.04 Å². The van der Waals surface area contributed by atoms with Crippen LogP contribution in [0.15, 0.2) is 71.5 Å². The Morgan fingerprint density at radius 1 is 1.07 bits per heavy atom. The van der Waals surface area contributed by atoms with Crippen molar-refractivity contribution >= 4 is 17.5 Å². The predicted octanol–water partition coefficient (Wildman–Crippen LogP) is 3.14. The lowest BCUT2D eigenvalue weighted by Crippen LogP contribution is -2.35. The third-order valence-electron chi connectivity index (χ3n) is 4.79. The molecule has 30 heavy (non-hydrogen) atoms. The average Bonchev–Trinajstić information content (AvgIpc) is 2.73. The monoisotopic (exact) mass is 404 g/mol. The summed E-state index contributed by atoms with van der Waals surface area (Å²) in [5.41, 5.74) is 2.42. The zero-order valence-corrected chi connectivity index (χ0v) is 17.2. The first-order valence-electron chi connectivity index (χ1n) is 9.62. The number of nitrogens with one attached hydrogen (secondary N) is 1. The first kappa shape index (κ1) is 21.0. The van der Waals surface area contributed by atoms with E-state index in [1.807, 2.05) is 55.5 Å². The first-order chi connectivity index (χ1) is 14.3. The molecule has 0 aliphatic rings. The third-order valence-corrected chi connectivity index (χ3v) is 4.79. The van der Waals surface area contributed by atoms with Crippen molar-refractivity contribution in [3.05, 3.63) is 93.9 Å². The molecule has 154 valence electrons. The molecule has 0 aliphatic heterocycles. The fraction of sp³-hybridized carbons (Fsp3) is 0.217. The summed E-state index contributed by atoms with van der Waals surface area (Å²) in [5, 5.41) is 6.89. The molecular weight excluding hydrogens is 380 g/mol. The van der Waals surface area contributed by atoms with Crippen molar-refractivity contribution < 1.29 is 9.59 Å². The Kier molecular flexibility index (Phi) is 6.41. The second-order valence-electron chi connectivity index (χ2n) is 7.08. The van der Waals surface area contributed by atoms with Crippen molar-refractivity contribution in [3.8, 4) is 0 Å². The van der Waals surface area contributed by atoms with Gasteiger partial charge in [0, 0.05) is 32.3 Å². The van der Waals surface area contributed by atoms with Crippen LogP contribution in [0.4, 0.5) is 5.69 Å². The highest BCUT2D eigenvalue weighted by Crippen LogP contribution is 2.26. The Morgan fingerprint density at radius 3 is 2.47 bits per heavy atom. The number of nitrogens with zero attached hydrogens (tertiary/aromatic N) is 3. The predicted molar refractivity (Wildman–Crippen MR) is 115 cm³/mol. The summed E-state index contributed by atoms with van der Waals surface area (Å²) in [5.74, 6) is -0.446. The molecule has 0 saturated heterocycles. The normalized spacial score (nSPS) is 11.6. The second kappa shape index (κ2) is 9.17. The smallest absolute Gasteiger partial charge is 0.275 e. The highest BCUT2D eigenvalue weighted by atomic mass is 16.2. The van der Waals surface area contributed by atoms with E-state index in [4.69, 9.17) is 0 Å². The molecule has 1 unspecified atom stereocenters. The third kappa shape index (κ3) is 5.00. The van der Waals surface area contributed by atoms with Crippen LogP contribution in [0, 0.1) is 0 Å². The lowest BCUT2D eigenvalue weighted by molar-refractivity contribution is -0.114. The van der Waals surface area contributed by atoms with Gasteiger partial charge in [-0.1, -0.05) is 42.5 Å². The molecule has 0 bridgehead atoms. The van der Waals surface area contributed by atoms with Crippen LogP contribution in [0.2, 0.25) is 0 Å². The van der Waals surface area contributed by atoms with Crippen molar-refractivity contribution in [3.63, 3.8) is 0 Å². The minimum absolute atomic E-state index is 0.161. The standard InChI is InChI=1S/C23H24N4O3/c1-16(19-10-7-11-20(14-19)24-17(2)28)27(15-18-8-5-4-6-9-18)23(30)21-12-13-22(29)26(3)25-21/h4-14,16H,15H2,1-3H3,(H,24,28). The number of hydrogen-bond acceptors (Lipinski definition) is 4. The van der Waals surface area contributed by atoms with Crippen LogP contribution in [0.25, 0.3) is 0 Å². The molecule has 0 spiro atoms. The Morgan fingerprint density at radius 2 is 1.80 bits per heavy atom. The zero-order valence-electron chi connectivity index (χ0n) is 17.2. The molecule has 1 aromatic heterocycles. The van der Waals surface area contributed by atoms with Crippen molar-refractivity contribution in [2.24, 2.45) is 7.05 Å². The molecule has 1 atom stereocenters. The van der Waals surface area contributed by atoms with E-state index in [1.54, 1.807) is 11.0 Å². The van der Waals surface area contributed by atoms with Crippen LogP contribution in [0.5, 0.6) is 0 Å². The number of aryl methyl sites for hydroxylation is 1. The number of aromatic nitrogens is 2. The maximum atomic E-state index is 13.4. The molecule has 0 saturated carbocycles. The number of amides is 2. The molecule has 1 heterocycles. The van der Waals surface area contributed by atoms with Gasteiger partial charge < -0.3 is 10.2 Å². The highest BCUT2D eigenvalue weighted by Gasteiger charge is 2.25. The van der Waals surface area contributed by atoms with Crippen molar-refractivity contribution in [2.45, 2.75) is 26.4 Å². The van der Waals surface area contributed by atoms with E-state index in [0.29, 0.717) is 12.2 Å². The van der Waals surface area contributed by atoms with E-state index in [2.05, 4.69) is 10.4 Å². The van der Waals surface area contributed by atoms with Gasteiger partial charge in [0.2, 0.25) is 5.91 Å². The van der Waals surface area contributed by atoms with Crippen molar-refractivity contribution in [1.29, 1.82) is 0 Å². The van der Waals surface area contributed by atoms with Crippen LogP contribution < -0.4 is 10.9 Å². The minimum Gasteiger partial charge on any atom is -0.326 e. The number of carbonyl (C=O) groups excluding carboxylic acids is 2. The number of anilines is 1. The average molecular weight is 404 g/mol. The summed E-state index contributed by atoms with van der Waals surface area (Å²) in [6, 6.07) is 19.6. The molecule has 1 N–H and O–H groups in total. The van der Waals surface area contributed by atoms with E-state index >= 15 is 0 Å². The molecule has 3 aromatic rings. The van der Waals surface area contributed by atoms with Crippen LogP contribution in [-0.4, -0.2) is 26.5 Å². The lowest BCUT2D eigenvalue weighted by Gasteiger charge is -2.30. The van der Waals surface area contributed by atoms with Crippen molar-refractivity contribution in [2.75, 3.05) is 5.32 Å². The van der Waals surface area contributed by atoms with Crippen LogP contribution in [0.1, 0.15) is 41.5 Å². The second-order valence-corrected chi connectivity index (χ2v) is 7.08. The summed E-state index contributed by atoms with van der Waals surface area (Å²) in [4.78, 5) is 38.2. The largest absolute Gasteiger partial charge is 0.326 e. The molecule has 0 aliphatic carbocycles. The Labute approximate surface area is 175 Å². The van der Waals surface area contributed by atoms with E-state index in [-0.39, 0.29) is 29.1 Å². The van der Waals surface area contributed by atoms with E-state index < -0.39 is 0 Å². The van der Waals surface area contributed by atoms with Gasteiger partial charge in [-0.3, -0.25) is 14.4 Å². The zero-order chi connectivity index (χ0) is 21.7. The van der Waals surface area contributed by atoms with Gasteiger partial charge in [0.15, 0.2) is 0 Å². The fourth-order valence-corrected chi connectivity index (χ4v) is 3.19. The number of rotatable bonds is 6. The first-order valence-corrected chi connectivity index (χ1v) is 9.62. The maximum absolute atomic E-state index is 13.4. The van der Waals surface area contributed by atoms with E-state index in [0.717, 1.165) is 15.8 Å². The molecule has 3 rings (SSSR count). The molecule has 7 nitrogen and oxygen atoms in total. The van der Waals surface area contributed by atoms with Crippen LogP contribution in [0.3, 0.4) is 0 Å². The SMILES string of the molecule is CC(=O)Nc1cccc(C(C)N(Cc2ccccc2)C(=O)c2ccc(=O)n(C)n2)c1. The van der Waals surface area contributed by atoms with E-state index in [1.165, 1.54) is 26.1 Å². The van der Waals surface area contributed by atoms with Crippen molar-refractivity contribution in [1.82, 2.24) is 14.7 Å². The van der Waals surface area contributed by atoms with Gasteiger partial charge in [0.25, 0.3) is 11.5 Å². The van der Waals surface area contributed by atoms with Gasteiger partial charge in [-0.05, 0) is 36.2 Å². The summed E-state index contributed by atoms with van der Waals surface area (Å²) in [6.45, 7) is 3.75. The molecule has 2 amide bonds. The molecule has 0 fully saturated rings. The molecule has 0 radical (unpaired) electrons. The minimum atomic E-state index is -0.301. The summed E-state index contributed by atoms with van der Waals surface area (Å²) in [7, 11) is 1.51. The van der Waals surface area contributed by atoms with E-state index in [9.17, 15) is 14.4 Å². The van der Waals surface area contributed by atoms with Gasteiger partial charge in [-0.2, -0.15) is 5.10 Å². The summed E-state index contributed by atoms with van der Waals surface area (Å²) in [6.07, 6.45) is 0. The Hall–Kier alpha value is -3.74. The lowest BCUT2D eigenvalue weighted by atomic mass is 10.0. The van der Waals surface area contributed by atoms with Gasteiger partial charge >= 0.3 is 0 Å². The topological polar surface area (TPSA) is 84.3 Å². The van der Waals surface area contributed by atoms with Gasteiger partial charge in [-0.15, -0.1) is 0 Å². The van der Waals surface area contributed by atoms with Crippen LogP contribution in [-0.2, 0) is 18.4 Å². The Balaban J connectivity index is 1.98. The highest BCUT2D eigenvalue weighted by molar-refractivity contribution is 5.92. The molecule has 7 heteroatoms. The van der Waals surface area contributed by atoms with Gasteiger partial charge in [-0.25, -0.2) is 4.68 Å². The molecular formula is C23H24N4O3. The maximum Gasteiger partial charge on any atom is 0.275 e. The van der Waals surface area contributed by atoms with Gasteiger partial charge in [0.1, 0.15) is 5.69 Å².